The monoisotopic (exact) mass is 355 g/mol. The molecule has 10 nitrogen and oxygen atoms in total. The predicted molar refractivity (Wildman–Crippen MR) is 79.3 cm³/mol. The standard InChI is InChI=1S/C15H17NO9/c1-23-9-4-2-3-8(5-9)10(6-16(21)22)14(19)13(18)25-12-11(17)7-24-15(12,14)20/h2-5,10-12,17,19-20H,6-7H2,1H3/t10?,11-,12+,14+,15-/m0/s1. The lowest BCUT2D eigenvalue weighted by atomic mass is 9.76. The Kier molecular flexibility index (Phi) is 4.15. The van der Waals surface area contributed by atoms with Gasteiger partial charge in [0.2, 0.25) is 17.9 Å². The van der Waals surface area contributed by atoms with Crippen molar-refractivity contribution < 1.29 is 39.2 Å². The molecule has 0 bridgehead atoms. The van der Waals surface area contributed by atoms with Crippen LogP contribution in [-0.2, 0) is 14.3 Å². The van der Waals surface area contributed by atoms with Crippen LogP contribution < -0.4 is 4.74 Å². The second-order valence-corrected chi connectivity index (χ2v) is 6.01. The van der Waals surface area contributed by atoms with Gasteiger partial charge < -0.3 is 29.5 Å². The third kappa shape index (κ3) is 2.45. The fraction of sp³-hybridized carbons (Fsp3) is 0.533. The van der Waals surface area contributed by atoms with E-state index in [4.69, 9.17) is 14.2 Å². The van der Waals surface area contributed by atoms with Gasteiger partial charge >= 0.3 is 5.97 Å². The fourth-order valence-corrected chi connectivity index (χ4v) is 3.36. The van der Waals surface area contributed by atoms with Crippen LogP contribution in [0.1, 0.15) is 11.5 Å². The SMILES string of the molecule is COc1cccc(C(C[N+](=O)[O-])[C@@]2(O)C(=O)O[C@@H]3[C@@H](O)CO[C@@]32O)c1. The zero-order valence-corrected chi connectivity index (χ0v) is 13.2. The molecule has 2 saturated heterocycles. The van der Waals surface area contributed by atoms with Gasteiger partial charge in [-0.15, -0.1) is 0 Å². The van der Waals surface area contributed by atoms with Crippen LogP contribution in [0.15, 0.2) is 24.3 Å². The number of nitro groups is 1. The van der Waals surface area contributed by atoms with Crippen LogP contribution >= 0.6 is 0 Å². The Hall–Kier alpha value is -2.27. The summed E-state index contributed by atoms with van der Waals surface area (Å²) < 4.78 is 15.0. The Morgan fingerprint density at radius 1 is 1.48 bits per heavy atom. The third-order valence-electron chi connectivity index (χ3n) is 4.63. The van der Waals surface area contributed by atoms with Gasteiger partial charge in [0.15, 0.2) is 6.10 Å². The molecular formula is C15H17NO9. The van der Waals surface area contributed by atoms with Crippen molar-refractivity contribution in [1.82, 2.24) is 0 Å². The Morgan fingerprint density at radius 3 is 2.84 bits per heavy atom. The van der Waals surface area contributed by atoms with Crippen LogP contribution in [0.2, 0.25) is 0 Å². The molecule has 0 amide bonds. The number of carbonyl (C=O) groups excluding carboxylic acids is 1. The van der Waals surface area contributed by atoms with E-state index in [2.05, 4.69) is 0 Å². The number of fused-ring (bicyclic) bond motifs is 1. The highest BCUT2D eigenvalue weighted by atomic mass is 16.7. The lowest BCUT2D eigenvalue weighted by Crippen LogP contribution is -2.62. The number of esters is 1. The molecule has 0 aliphatic carbocycles. The maximum Gasteiger partial charge on any atom is 0.345 e. The van der Waals surface area contributed by atoms with E-state index in [0.29, 0.717) is 5.75 Å². The summed E-state index contributed by atoms with van der Waals surface area (Å²) in [5.41, 5.74) is -2.59. The van der Waals surface area contributed by atoms with Gasteiger partial charge in [-0.05, 0) is 17.7 Å². The summed E-state index contributed by atoms with van der Waals surface area (Å²) in [5, 5.41) is 42.7. The second-order valence-electron chi connectivity index (χ2n) is 6.01. The van der Waals surface area contributed by atoms with Crippen molar-refractivity contribution in [2.75, 3.05) is 20.3 Å². The number of hydrogen-bond acceptors (Lipinski definition) is 9. The topological polar surface area (TPSA) is 149 Å². The molecule has 0 spiro atoms. The van der Waals surface area contributed by atoms with Gasteiger partial charge in [-0.1, -0.05) is 12.1 Å². The first-order chi connectivity index (χ1) is 11.7. The highest BCUT2D eigenvalue weighted by Crippen LogP contribution is 2.50. The molecule has 1 aromatic rings. The molecule has 2 aliphatic heterocycles. The highest BCUT2D eigenvalue weighted by molar-refractivity contribution is 5.85. The van der Waals surface area contributed by atoms with E-state index in [1.807, 2.05) is 0 Å². The number of carbonyl (C=O) groups is 1. The molecule has 2 fully saturated rings. The number of benzene rings is 1. The Balaban J connectivity index is 2.11. The molecule has 1 aromatic carbocycles. The van der Waals surface area contributed by atoms with Gasteiger partial charge in [-0.25, -0.2) is 4.79 Å². The van der Waals surface area contributed by atoms with Crippen molar-refractivity contribution in [3.8, 4) is 5.75 Å². The molecule has 25 heavy (non-hydrogen) atoms. The van der Waals surface area contributed by atoms with Crippen LogP contribution in [0.25, 0.3) is 0 Å². The van der Waals surface area contributed by atoms with E-state index in [1.165, 1.54) is 25.3 Å². The zero-order chi connectivity index (χ0) is 18.4. The second kappa shape index (κ2) is 5.92. The largest absolute Gasteiger partial charge is 0.497 e. The Morgan fingerprint density at radius 2 is 2.20 bits per heavy atom. The summed E-state index contributed by atoms with van der Waals surface area (Å²) in [6.45, 7) is -1.27. The summed E-state index contributed by atoms with van der Waals surface area (Å²) in [5.74, 6) is -5.05. The number of ether oxygens (including phenoxy) is 3. The molecule has 0 aromatic heterocycles. The molecule has 1 unspecified atom stereocenters. The third-order valence-corrected chi connectivity index (χ3v) is 4.63. The minimum Gasteiger partial charge on any atom is -0.497 e. The number of aliphatic hydroxyl groups is 3. The molecule has 3 N–H and O–H groups in total. The van der Waals surface area contributed by atoms with Crippen molar-refractivity contribution in [3.63, 3.8) is 0 Å². The first kappa shape index (κ1) is 17.5. The zero-order valence-electron chi connectivity index (χ0n) is 13.2. The Labute approximate surface area is 141 Å². The first-order valence-corrected chi connectivity index (χ1v) is 7.47. The number of hydrogen-bond donors (Lipinski definition) is 3. The summed E-state index contributed by atoms with van der Waals surface area (Å²) in [7, 11) is 1.39. The molecule has 3 rings (SSSR count). The van der Waals surface area contributed by atoms with Crippen molar-refractivity contribution in [2.45, 2.75) is 29.5 Å². The van der Waals surface area contributed by atoms with E-state index in [9.17, 15) is 30.2 Å². The van der Waals surface area contributed by atoms with Crippen LogP contribution in [0, 0.1) is 10.1 Å². The Bertz CT molecular complexity index is 710. The molecule has 2 heterocycles. The molecule has 0 saturated carbocycles. The highest BCUT2D eigenvalue weighted by Gasteiger charge is 2.76. The maximum atomic E-state index is 12.3. The fourth-order valence-electron chi connectivity index (χ4n) is 3.36. The molecule has 10 heteroatoms. The van der Waals surface area contributed by atoms with Crippen LogP contribution in [0.5, 0.6) is 5.75 Å². The molecule has 2 aliphatic rings. The number of nitrogens with zero attached hydrogens (tertiary/aromatic N) is 1. The minimum absolute atomic E-state index is 0.176. The van der Waals surface area contributed by atoms with Crippen LogP contribution in [0.4, 0.5) is 0 Å². The van der Waals surface area contributed by atoms with Gasteiger partial charge in [0.05, 0.1) is 19.6 Å². The van der Waals surface area contributed by atoms with Gasteiger partial charge in [-0.2, -0.15) is 0 Å². The quantitative estimate of drug-likeness (QED) is 0.336. The van der Waals surface area contributed by atoms with Crippen molar-refractivity contribution in [1.29, 1.82) is 0 Å². The first-order valence-electron chi connectivity index (χ1n) is 7.47. The van der Waals surface area contributed by atoms with Gasteiger partial charge in [-0.3, -0.25) is 10.1 Å². The molecular weight excluding hydrogens is 338 g/mol. The average molecular weight is 355 g/mol. The van der Waals surface area contributed by atoms with Crippen LogP contribution in [0.3, 0.4) is 0 Å². The summed E-state index contributed by atoms with van der Waals surface area (Å²) in [6, 6.07) is 5.96. The minimum atomic E-state index is -2.77. The van der Waals surface area contributed by atoms with Crippen LogP contribution in [-0.4, -0.2) is 70.1 Å². The number of methoxy groups -OCH3 is 1. The van der Waals surface area contributed by atoms with Gasteiger partial charge in [0, 0.05) is 4.92 Å². The van der Waals surface area contributed by atoms with E-state index < -0.39 is 47.0 Å². The molecule has 5 atom stereocenters. The average Bonchev–Trinajstić information content (AvgIpc) is 2.98. The maximum absolute atomic E-state index is 12.3. The van der Waals surface area contributed by atoms with E-state index in [1.54, 1.807) is 6.07 Å². The molecule has 0 radical (unpaired) electrons. The van der Waals surface area contributed by atoms with Crippen molar-refractivity contribution in [3.05, 3.63) is 39.9 Å². The van der Waals surface area contributed by atoms with E-state index in [-0.39, 0.29) is 12.2 Å². The van der Waals surface area contributed by atoms with E-state index >= 15 is 0 Å². The van der Waals surface area contributed by atoms with Crippen molar-refractivity contribution >= 4 is 5.97 Å². The number of rotatable bonds is 5. The smallest absolute Gasteiger partial charge is 0.345 e. The predicted octanol–water partition coefficient (Wildman–Crippen LogP) is -1.21. The lowest BCUT2D eigenvalue weighted by molar-refractivity contribution is -0.489. The lowest BCUT2D eigenvalue weighted by Gasteiger charge is -2.36. The van der Waals surface area contributed by atoms with Gasteiger partial charge in [0.25, 0.3) is 0 Å². The van der Waals surface area contributed by atoms with Crippen molar-refractivity contribution in [2.24, 2.45) is 0 Å². The molecule has 136 valence electrons. The summed E-state index contributed by atoms with van der Waals surface area (Å²) >= 11 is 0. The van der Waals surface area contributed by atoms with Gasteiger partial charge in [0.1, 0.15) is 11.9 Å². The normalized spacial score (nSPS) is 35.1. The summed E-state index contributed by atoms with van der Waals surface area (Å²) in [6.07, 6.45) is -2.89. The number of aliphatic hydroxyl groups excluding tert-OH is 1. The van der Waals surface area contributed by atoms with E-state index in [0.717, 1.165) is 0 Å². The summed E-state index contributed by atoms with van der Waals surface area (Å²) in [4.78, 5) is 22.8.